The van der Waals surface area contributed by atoms with Crippen LogP contribution in [0, 0.1) is 0 Å². The van der Waals surface area contributed by atoms with Crippen molar-refractivity contribution in [3.63, 3.8) is 0 Å². The van der Waals surface area contributed by atoms with Gasteiger partial charge < -0.3 is 14.6 Å². The van der Waals surface area contributed by atoms with E-state index < -0.39 is 35.8 Å². The predicted molar refractivity (Wildman–Crippen MR) is 57.7 cm³/mol. The largest absolute Gasteiger partial charge is 0.388 e. The first-order chi connectivity index (χ1) is 8.04. The summed E-state index contributed by atoms with van der Waals surface area (Å²) in [5.41, 5.74) is -1.07. The Morgan fingerprint density at radius 3 is 2.82 bits per heavy atom. The SMILES string of the molecule is COC1[C@@H](O)[C@@H](C)O[C@H]1n1ccc(=O)[nH]c1=O. The Bertz CT molecular complexity index is 508. The smallest absolute Gasteiger partial charge is 0.330 e. The number of nitrogens with zero attached hydrogens (tertiary/aromatic N) is 1. The molecule has 1 aromatic rings. The van der Waals surface area contributed by atoms with E-state index in [1.54, 1.807) is 6.92 Å². The van der Waals surface area contributed by atoms with Gasteiger partial charge in [-0.25, -0.2) is 4.79 Å². The summed E-state index contributed by atoms with van der Waals surface area (Å²) in [4.78, 5) is 24.7. The normalized spacial score (nSPS) is 32.9. The fourth-order valence-electron chi connectivity index (χ4n) is 1.92. The van der Waals surface area contributed by atoms with Gasteiger partial charge in [-0.1, -0.05) is 0 Å². The van der Waals surface area contributed by atoms with Crippen LogP contribution in [0.25, 0.3) is 0 Å². The lowest BCUT2D eigenvalue weighted by Crippen LogP contribution is -2.38. The Morgan fingerprint density at radius 2 is 2.24 bits per heavy atom. The van der Waals surface area contributed by atoms with Gasteiger partial charge >= 0.3 is 5.69 Å². The zero-order valence-corrected chi connectivity index (χ0v) is 9.49. The molecule has 1 aliphatic rings. The maximum Gasteiger partial charge on any atom is 0.330 e. The Kier molecular flexibility index (Phi) is 3.14. The first-order valence-electron chi connectivity index (χ1n) is 5.22. The Balaban J connectivity index is 2.40. The van der Waals surface area contributed by atoms with Gasteiger partial charge in [-0.2, -0.15) is 0 Å². The number of H-pyrrole nitrogens is 1. The van der Waals surface area contributed by atoms with Gasteiger partial charge in [0.25, 0.3) is 5.56 Å². The number of rotatable bonds is 2. The summed E-state index contributed by atoms with van der Waals surface area (Å²) in [7, 11) is 1.43. The molecule has 1 saturated heterocycles. The average molecular weight is 242 g/mol. The van der Waals surface area contributed by atoms with Gasteiger partial charge in [-0.3, -0.25) is 14.3 Å². The summed E-state index contributed by atoms with van der Waals surface area (Å²) in [6, 6.07) is 1.22. The quantitative estimate of drug-likeness (QED) is 0.681. The van der Waals surface area contributed by atoms with Crippen molar-refractivity contribution in [1.29, 1.82) is 0 Å². The van der Waals surface area contributed by atoms with E-state index in [4.69, 9.17) is 9.47 Å². The lowest BCUT2D eigenvalue weighted by Gasteiger charge is -2.20. The summed E-state index contributed by atoms with van der Waals surface area (Å²) < 4.78 is 11.8. The van der Waals surface area contributed by atoms with E-state index in [9.17, 15) is 14.7 Å². The molecule has 0 saturated carbocycles. The van der Waals surface area contributed by atoms with Crippen molar-refractivity contribution in [2.75, 3.05) is 7.11 Å². The van der Waals surface area contributed by atoms with Crippen LogP contribution in [-0.4, -0.2) is 40.1 Å². The number of aromatic nitrogens is 2. The van der Waals surface area contributed by atoms with E-state index in [-0.39, 0.29) is 0 Å². The zero-order chi connectivity index (χ0) is 12.6. The second-order valence-electron chi connectivity index (χ2n) is 3.94. The minimum atomic E-state index is -0.816. The van der Waals surface area contributed by atoms with E-state index in [1.165, 1.54) is 23.9 Å². The van der Waals surface area contributed by atoms with E-state index in [2.05, 4.69) is 4.98 Å². The molecule has 1 aliphatic heterocycles. The highest BCUT2D eigenvalue weighted by Crippen LogP contribution is 2.29. The summed E-state index contributed by atoms with van der Waals surface area (Å²) in [6.45, 7) is 1.69. The number of ether oxygens (including phenoxy) is 2. The van der Waals surface area contributed by atoms with Gasteiger partial charge in [-0.05, 0) is 6.92 Å². The van der Waals surface area contributed by atoms with Crippen molar-refractivity contribution >= 4 is 0 Å². The van der Waals surface area contributed by atoms with Gasteiger partial charge in [0.15, 0.2) is 6.23 Å². The molecule has 4 atom stereocenters. The maximum atomic E-state index is 11.6. The second kappa shape index (κ2) is 4.44. The lowest BCUT2D eigenvalue weighted by atomic mass is 10.1. The van der Waals surface area contributed by atoms with Gasteiger partial charge in [0, 0.05) is 19.4 Å². The molecule has 0 aliphatic carbocycles. The van der Waals surface area contributed by atoms with Crippen LogP contribution in [0.4, 0.5) is 0 Å². The molecule has 0 spiro atoms. The first kappa shape index (κ1) is 12.0. The van der Waals surface area contributed by atoms with Crippen LogP contribution in [0.15, 0.2) is 21.9 Å². The van der Waals surface area contributed by atoms with Gasteiger partial charge in [-0.15, -0.1) is 0 Å². The lowest BCUT2D eigenvalue weighted by molar-refractivity contribution is -0.0516. The van der Waals surface area contributed by atoms with E-state index in [0.717, 1.165) is 0 Å². The molecule has 0 amide bonds. The molecule has 7 heteroatoms. The van der Waals surface area contributed by atoms with Crippen molar-refractivity contribution in [1.82, 2.24) is 9.55 Å². The summed E-state index contributed by atoms with van der Waals surface area (Å²) in [6.07, 6.45) is -1.32. The summed E-state index contributed by atoms with van der Waals surface area (Å²) in [5.74, 6) is 0. The van der Waals surface area contributed by atoms with E-state index >= 15 is 0 Å². The van der Waals surface area contributed by atoms with Crippen molar-refractivity contribution in [3.8, 4) is 0 Å². The number of methoxy groups -OCH3 is 1. The molecule has 17 heavy (non-hydrogen) atoms. The molecular formula is C10H14N2O5. The highest BCUT2D eigenvalue weighted by molar-refractivity contribution is 4.92. The topological polar surface area (TPSA) is 93.5 Å². The van der Waals surface area contributed by atoms with E-state index in [0.29, 0.717) is 0 Å². The molecule has 1 aromatic heterocycles. The fraction of sp³-hybridized carbons (Fsp3) is 0.600. The number of aliphatic hydroxyl groups is 1. The number of hydrogen-bond donors (Lipinski definition) is 2. The second-order valence-corrected chi connectivity index (χ2v) is 3.94. The number of hydrogen-bond acceptors (Lipinski definition) is 5. The standard InChI is InChI=1S/C10H14N2O5/c1-5-7(14)8(16-2)9(17-5)12-4-3-6(13)11-10(12)15/h3-5,7-9,14H,1-2H3,(H,11,13,15)/t5-,7+,8?,9-/m1/s1. The molecule has 1 fully saturated rings. The molecule has 0 aromatic carbocycles. The van der Waals surface area contributed by atoms with Gasteiger partial charge in [0.2, 0.25) is 0 Å². The molecule has 7 nitrogen and oxygen atoms in total. The molecular weight excluding hydrogens is 228 g/mol. The molecule has 2 heterocycles. The third-order valence-corrected chi connectivity index (χ3v) is 2.85. The van der Waals surface area contributed by atoms with Crippen LogP contribution in [0.1, 0.15) is 13.2 Å². The molecule has 2 N–H and O–H groups in total. The third-order valence-electron chi connectivity index (χ3n) is 2.85. The highest BCUT2D eigenvalue weighted by Gasteiger charge is 2.43. The Morgan fingerprint density at radius 1 is 1.53 bits per heavy atom. The van der Waals surface area contributed by atoms with Crippen LogP contribution < -0.4 is 11.2 Å². The van der Waals surface area contributed by atoms with Crippen LogP contribution in [-0.2, 0) is 9.47 Å². The minimum absolute atomic E-state index is 0.441. The predicted octanol–water partition coefficient (Wildman–Crippen LogP) is -1.17. The fourth-order valence-corrected chi connectivity index (χ4v) is 1.92. The molecule has 0 bridgehead atoms. The Hall–Kier alpha value is -1.44. The zero-order valence-electron chi connectivity index (χ0n) is 9.49. The summed E-state index contributed by atoms with van der Waals surface area (Å²) in [5, 5.41) is 9.80. The number of aromatic amines is 1. The maximum absolute atomic E-state index is 11.6. The van der Waals surface area contributed by atoms with E-state index in [1.807, 2.05) is 0 Å². The monoisotopic (exact) mass is 242 g/mol. The van der Waals surface area contributed by atoms with Crippen LogP contribution in [0.5, 0.6) is 0 Å². The Labute approximate surface area is 96.6 Å². The van der Waals surface area contributed by atoms with Crippen molar-refractivity contribution in [2.45, 2.75) is 31.5 Å². The number of aliphatic hydroxyl groups excluding tert-OH is 1. The van der Waals surface area contributed by atoms with Crippen molar-refractivity contribution in [3.05, 3.63) is 33.1 Å². The van der Waals surface area contributed by atoms with Crippen LogP contribution in [0.3, 0.4) is 0 Å². The van der Waals surface area contributed by atoms with Gasteiger partial charge in [0.05, 0.1) is 6.10 Å². The molecule has 94 valence electrons. The first-order valence-corrected chi connectivity index (χ1v) is 5.22. The van der Waals surface area contributed by atoms with Crippen molar-refractivity contribution in [2.24, 2.45) is 0 Å². The van der Waals surface area contributed by atoms with Gasteiger partial charge in [0.1, 0.15) is 12.2 Å². The average Bonchev–Trinajstić information content (AvgIpc) is 2.55. The summed E-state index contributed by atoms with van der Waals surface area (Å²) >= 11 is 0. The highest BCUT2D eigenvalue weighted by atomic mass is 16.6. The third kappa shape index (κ3) is 2.04. The van der Waals surface area contributed by atoms with Crippen LogP contribution >= 0.6 is 0 Å². The molecule has 1 unspecified atom stereocenters. The van der Waals surface area contributed by atoms with Crippen LogP contribution in [0.2, 0.25) is 0 Å². The minimum Gasteiger partial charge on any atom is -0.388 e. The molecule has 0 radical (unpaired) electrons. The number of nitrogens with one attached hydrogen (secondary N) is 1. The van der Waals surface area contributed by atoms with Crippen molar-refractivity contribution < 1.29 is 14.6 Å². The molecule has 2 rings (SSSR count).